The van der Waals surface area contributed by atoms with Crippen LogP contribution in [-0.4, -0.2) is 23.6 Å². The summed E-state index contributed by atoms with van der Waals surface area (Å²) in [5.74, 6) is 0.246. The van der Waals surface area contributed by atoms with Gasteiger partial charge in [0.15, 0.2) is 5.84 Å². The van der Waals surface area contributed by atoms with Gasteiger partial charge in [0.1, 0.15) is 6.54 Å². The van der Waals surface area contributed by atoms with E-state index in [0.29, 0.717) is 15.6 Å². The standard InChI is InChI=1S/C11H8Cl2F3N3/c12-8-3-7(4-9(13)5-8)10-17-1-2-19(18-10)6-11(14,15)16/h1-5H,6H2,(H,17,18). The van der Waals surface area contributed by atoms with Gasteiger partial charge < -0.3 is 0 Å². The largest absolute Gasteiger partial charge is 0.407 e. The summed E-state index contributed by atoms with van der Waals surface area (Å²) in [4.78, 5) is 3.96. The fraction of sp³-hybridized carbons (Fsp3) is 0.182. The van der Waals surface area contributed by atoms with Gasteiger partial charge in [0.2, 0.25) is 0 Å². The van der Waals surface area contributed by atoms with Crippen molar-refractivity contribution in [1.82, 2.24) is 10.4 Å². The number of nitrogens with one attached hydrogen (secondary N) is 1. The van der Waals surface area contributed by atoms with Crippen molar-refractivity contribution in [1.29, 1.82) is 0 Å². The topological polar surface area (TPSA) is 27.6 Å². The monoisotopic (exact) mass is 309 g/mol. The molecule has 0 saturated carbocycles. The summed E-state index contributed by atoms with van der Waals surface area (Å²) in [7, 11) is 0. The van der Waals surface area contributed by atoms with Gasteiger partial charge in [0.05, 0.1) is 0 Å². The van der Waals surface area contributed by atoms with Crippen LogP contribution in [0, 0.1) is 0 Å². The summed E-state index contributed by atoms with van der Waals surface area (Å²) in [5.41, 5.74) is 3.05. The lowest BCUT2D eigenvalue weighted by Gasteiger charge is -2.26. The molecule has 0 atom stereocenters. The maximum atomic E-state index is 12.3. The molecule has 0 amide bonds. The van der Waals surface area contributed by atoms with E-state index in [-0.39, 0.29) is 5.84 Å². The molecule has 3 nitrogen and oxygen atoms in total. The number of nitrogens with zero attached hydrogens (tertiary/aromatic N) is 2. The molecule has 0 radical (unpaired) electrons. The molecule has 1 aliphatic rings. The lowest BCUT2D eigenvalue weighted by atomic mass is 10.2. The molecule has 19 heavy (non-hydrogen) atoms. The quantitative estimate of drug-likeness (QED) is 0.904. The first-order chi connectivity index (χ1) is 8.83. The van der Waals surface area contributed by atoms with Crippen molar-refractivity contribution >= 4 is 29.0 Å². The van der Waals surface area contributed by atoms with E-state index >= 15 is 0 Å². The van der Waals surface area contributed by atoms with E-state index in [9.17, 15) is 13.2 Å². The molecule has 8 heteroatoms. The number of hydrogen-bond acceptors (Lipinski definition) is 3. The maximum Gasteiger partial charge on any atom is 0.407 e. The highest BCUT2D eigenvalue weighted by atomic mass is 35.5. The molecular formula is C11H8Cl2F3N3. The van der Waals surface area contributed by atoms with Gasteiger partial charge in [-0.05, 0) is 18.2 Å². The van der Waals surface area contributed by atoms with Crippen molar-refractivity contribution in [3.8, 4) is 0 Å². The zero-order valence-corrected chi connectivity index (χ0v) is 10.9. The van der Waals surface area contributed by atoms with E-state index in [1.54, 1.807) is 12.1 Å². The average molecular weight is 310 g/mol. The molecule has 1 heterocycles. The molecule has 0 bridgehead atoms. The SMILES string of the molecule is FC(F)(F)CN1C=CN=C(c2cc(Cl)cc(Cl)c2)N1. The van der Waals surface area contributed by atoms with Gasteiger partial charge in [-0.3, -0.25) is 10.4 Å². The van der Waals surface area contributed by atoms with Crippen molar-refractivity contribution in [3.63, 3.8) is 0 Å². The van der Waals surface area contributed by atoms with Gasteiger partial charge in [-0.25, -0.2) is 4.99 Å². The average Bonchev–Trinajstić information content (AvgIpc) is 2.25. The Morgan fingerprint density at radius 3 is 2.37 bits per heavy atom. The molecule has 0 unspecified atom stereocenters. The van der Waals surface area contributed by atoms with Crippen LogP contribution in [0.1, 0.15) is 5.56 Å². The third-order valence-electron chi connectivity index (χ3n) is 2.19. The lowest BCUT2D eigenvalue weighted by Crippen LogP contribution is -2.45. The van der Waals surface area contributed by atoms with Crippen LogP contribution in [0.5, 0.6) is 0 Å². The molecule has 0 fully saturated rings. The fourth-order valence-electron chi connectivity index (χ4n) is 1.51. The van der Waals surface area contributed by atoms with E-state index in [0.717, 1.165) is 5.01 Å². The summed E-state index contributed by atoms with van der Waals surface area (Å²) in [6.45, 7) is -1.13. The summed E-state index contributed by atoms with van der Waals surface area (Å²) in [6, 6.07) is 4.65. The Kier molecular flexibility index (Phi) is 3.91. The second-order valence-corrected chi connectivity index (χ2v) is 4.66. The van der Waals surface area contributed by atoms with Gasteiger partial charge >= 0.3 is 6.18 Å². The first kappa shape index (κ1) is 14.0. The van der Waals surface area contributed by atoms with E-state index < -0.39 is 12.7 Å². The van der Waals surface area contributed by atoms with Crippen LogP contribution in [0.4, 0.5) is 13.2 Å². The number of amidine groups is 1. The van der Waals surface area contributed by atoms with E-state index in [1.165, 1.54) is 18.5 Å². The summed E-state index contributed by atoms with van der Waals surface area (Å²) >= 11 is 11.7. The molecule has 102 valence electrons. The van der Waals surface area contributed by atoms with E-state index in [1.807, 2.05) is 0 Å². The maximum absolute atomic E-state index is 12.3. The first-order valence-corrected chi connectivity index (χ1v) is 5.90. The van der Waals surface area contributed by atoms with Gasteiger partial charge in [0.25, 0.3) is 0 Å². The molecule has 1 aromatic carbocycles. The number of alkyl halides is 3. The smallest absolute Gasteiger partial charge is 0.283 e. The normalized spacial score (nSPS) is 15.2. The van der Waals surface area contributed by atoms with Crippen LogP contribution in [0.25, 0.3) is 0 Å². The number of rotatable bonds is 2. The molecular weight excluding hydrogens is 302 g/mol. The Bertz CT molecular complexity index is 520. The fourth-order valence-corrected chi connectivity index (χ4v) is 2.03. The number of hydrogen-bond donors (Lipinski definition) is 1. The Morgan fingerprint density at radius 1 is 1.16 bits per heavy atom. The Labute approximate surface area is 117 Å². The Balaban J connectivity index is 2.18. The van der Waals surface area contributed by atoms with E-state index in [2.05, 4.69) is 10.4 Å². The van der Waals surface area contributed by atoms with Crippen molar-refractivity contribution in [2.45, 2.75) is 6.18 Å². The van der Waals surface area contributed by atoms with Crippen LogP contribution >= 0.6 is 23.2 Å². The minimum Gasteiger partial charge on any atom is -0.283 e. The van der Waals surface area contributed by atoms with Gasteiger partial charge in [0, 0.05) is 28.0 Å². The van der Waals surface area contributed by atoms with Crippen molar-refractivity contribution in [2.24, 2.45) is 4.99 Å². The molecule has 0 aliphatic carbocycles. The summed E-state index contributed by atoms with van der Waals surface area (Å²) in [5, 5.41) is 1.64. The molecule has 1 aliphatic heterocycles. The Morgan fingerprint density at radius 2 is 1.79 bits per heavy atom. The zero-order valence-electron chi connectivity index (χ0n) is 9.38. The molecule has 2 rings (SSSR count). The Hall–Kier alpha value is -1.40. The van der Waals surface area contributed by atoms with Gasteiger partial charge in [-0.15, -0.1) is 0 Å². The number of aliphatic imine (C=N–C) groups is 1. The molecule has 1 aromatic rings. The minimum atomic E-state index is -4.31. The highest BCUT2D eigenvalue weighted by Crippen LogP contribution is 2.21. The van der Waals surface area contributed by atoms with Crippen LogP contribution < -0.4 is 5.43 Å². The van der Waals surface area contributed by atoms with Crippen molar-refractivity contribution in [3.05, 3.63) is 46.2 Å². The highest BCUT2D eigenvalue weighted by molar-refractivity contribution is 6.35. The van der Waals surface area contributed by atoms with E-state index in [4.69, 9.17) is 23.2 Å². The minimum absolute atomic E-state index is 0.246. The van der Waals surface area contributed by atoms with Crippen LogP contribution in [0.2, 0.25) is 10.0 Å². The van der Waals surface area contributed by atoms with Crippen molar-refractivity contribution in [2.75, 3.05) is 6.54 Å². The van der Waals surface area contributed by atoms with Gasteiger partial charge in [-0.1, -0.05) is 23.2 Å². The predicted molar refractivity (Wildman–Crippen MR) is 68.0 cm³/mol. The molecule has 0 aromatic heterocycles. The van der Waals surface area contributed by atoms with Gasteiger partial charge in [-0.2, -0.15) is 13.2 Å². The van der Waals surface area contributed by atoms with Crippen LogP contribution in [0.15, 0.2) is 35.6 Å². The number of hydrazine groups is 1. The van der Waals surface area contributed by atoms with Crippen LogP contribution in [0.3, 0.4) is 0 Å². The van der Waals surface area contributed by atoms with Crippen molar-refractivity contribution < 1.29 is 13.2 Å². The third-order valence-corrected chi connectivity index (χ3v) is 2.62. The predicted octanol–water partition coefficient (Wildman–Crippen LogP) is 3.59. The second-order valence-electron chi connectivity index (χ2n) is 3.79. The number of halogens is 5. The molecule has 0 spiro atoms. The first-order valence-electron chi connectivity index (χ1n) is 5.14. The highest BCUT2D eigenvalue weighted by Gasteiger charge is 2.30. The third kappa shape index (κ3) is 4.04. The molecule has 1 N–H and O–H groups in total. The lowest BCUT2D eigenvalue weighted by molar-refractivity contribution is -0.143. The zero-order chi connectivity index (χ0) is 14.0. The van der Waals surface area contributed by atoms with Crippen LogP contribution in [-0.2, 0) is 0 Å². The summed E-state index contributed by atoms with van der Waals surface area (Å²) in [6.07, 6.45) is -1.85. The summed E-state index contributed by atoms with van der Waals surface area (Å²) < 4.78 is 36.9. The number of benzene rings is 1. The molecule has 0 saturated heterocycles. The second kappa shape index (κ2) is 5.30.